The van der Waals surface area contributed by atoms with E-state index in [2.05, 4.69) is 13.8 Å². The quantitative estimate of drug-likeness (QED) is 0.687. The fourth-order valence-electron chi connectivity index (χ4n) is 2.80. The second-order valence-corrected chi connectivity index (χ2v) is 7.48. The van der Waals surface area contributed by atoms with Crippen molar-refractivity contribution in [2.75, 3.05) is 6.61 Å². The molecule has 0 aromatic heterocycles. The number of carbonyl (C=O) groups excluding carboxylic acids is 2. The zero-order valence-corrected chi connectivity index (χ0v) is 16.4. The van der Waals surface area contributed by atoms with E-state index >= 15 is 0 Å². The van der Waals surface area contributed by atoms with E-state index in [1.807, 2.05) is 31.2 Å². The average molecular weight is 384 g/mol. The summed E-state index contributed by atoms with van der Waals surface area (Å²) in [5.41, 5.74) is 2.85. The highest BCUT2D eigenvalue weighted by atomic mass is 35.5. The molecule has 0 fully saturated rings. The van der Waals surface area contributed by atoms with Crippen LogP contribution in [-0.4, -0.2) is 23.3 Å². The van der Waals surface area contributed by atoms with Gasteiger partial charge in [-0.3, -0.25) is 14.5 Å². The summed E-state index contributed by atoms with van der Waals surface area (Å²) in [6.45, 7) is 6.95. The molecule has 0 saturated carbocycles. The third-order valence-electron chi connectivity index (χ3n) is 4.30. The van der Waals surface area contributed by atoms with Crippen molar-refractivity contribution in [2.45, 2.75) is 27.3 Å². The lowest BCUT2D eigenvalue weighted by atomic mass is 10.1. The predicted octanol–water partition coefficient (Wildman–Crippen LogP) is 4.55. The van der Waals surface area contributed by atoms with Crippen LogP contribution in [-0.2, 0) is 16.1 Å². The Morgan fingerprint density at radius 3 is 2.19 bits per heavy atom. The van der Waals surface area contributed by atoms with Crippen molar-refractivity contribution in [1.82, 2.24) is 4.90 Å². The van der Waals surface area contributed by atoms with E-state index in [0.717, 1.165) is 16.9 Å². The first-order valence-electron chi connectivity index (χ1n) is 8.91. The Kier molecular flexibility index (Phi) is 5.66. The van der Waals surface area contributed by atoms with Gasteiger partial charge >= 0.3 is 0 Å². The van der Waals surface area contributed by atoms with Crippen molar-refractivity contribution < 1.29 is 14.3 Å². The minimum Gasteiger partial charge on any atom is -0.493 e. The fraction of sp³-hybridized carbons (Fsp3) is 0.273. The third-order valence-corrected chi connectivity index (χ3v) is 4.65. The van der Waals surface area contributed by atoms with E-state index < -0.39 is 5.91 Å². The lowest BCUT2D eigenvalue weighted by molar-refractivity contribution is -0.137. The van der Waals surface area contributed by atoms with Crippen molar-refractivity contribution in [3.05, 3.63) is 70.3 Å². The van der Waals surface area contributed by atoms with Crippen LogP contribution in [0.5, 0.6) is 5.75 Å². The largest absolute Gasteiger partial charge is 0.493 e. The van der Waals surface area contributed by atoms with Crippen LogP contribution in [0.4, 0.5) is 0 Å². The van der Waals surface area contributed by atoms with Gasteiger partial charge in [0.05, 0.1) is 18.7 Å². The molecule has 1 heterocycles. The number of ether oxygens (including phenoxy) is 1. The monoisotopic (exact) mass is 383 g/mol. The molecule has 0 atom stereocenters. The minimum absolute atomic E-state index is 0.0389. The van der Waals surface area contributed by atoms with Gasteiger partial charge in [-0.05, 0) is 36.1 Å². The van der Waals surface area contributed by atoms with Crippen molar-refractivity contribution in [3.63, 3.8) is 0 Å². The molecule has 3 rings (SSSR count). The molecule has 2 aromatic carbocycles. The topological polar surface area (TPSA) is 46.6 Å². The highest BCUT2D eigenvalue weighted by molar-refractivity contribution is 6.55. The van der Waals surface area contributed by atoms with Crippen LogP contribution < -0.4 is 4.74 Å². The van der Waals surface area contributed by atoms with Crippen molar-refractivity contribution in [2.24, 2.45) is 5.92 Å². The van der Waals surface area contributed by atoms with Crippen LogP contribution in [0.3, 0.4) is 0 Å². The molecule has 2 aromatic rings. The summed E-state index contributed by atoms with van der Waals surface area (Å²) in [7, 11) is 0. The minimum atomic E-state index is -0.461. The summed E-state index contributed by atoms with van der Waals surface area (Å²) in [4.78, 5) is 26.5. The Hall–Kier alpha value is -2.59. The molecule has 0 spiro atoms. The number of aryl methyl sites for hydroxylation is 1. The maximum Gasteiger partial charge on any atom is 0.273 e. The molecule has 27 heavy (non-hydrogen) atoms. The Balaban J connectivity index is 1.78. The summed E-state index contributed by atoms with van der Waals surface area (Å²) in [5.74, 6) is 0.308. The molecule has 0 radical (unpaired) electrons. The number of benzene rings is 2. The van der Waals surface area contributed by atoms with Gasteiger partial charge in [-0.25, -0.2) is 0 Å². The summed E-state index contributed by atoms with van der Waals surface area (Å²) in [6, 6.07) is 14.8. The number of hydrogen-bond donors (Lipinski definition) is 0. The second-order valence-electron chi connectivity index (χ2n) is 7.10. The van der Waals surface area contributed by atoms with Crippen LogP contribution in [0.1, 0.15) is 30.5 Å². The number of amides is 2. The highest BCUT2D eigenvalue weighted by Crippen LogP contribution is 2.33. The van der Waals surface area contributed by atoms with Crippen LogP contribution in [0.15, 0.2) is 53.6 Å². The molecular weight excluding hydrogens is 362 g/mol. The zero-order valence-electron chi connectivity index (χ0n) is 15.7. The van der Waals surface area contributed by atoms with Gasteiger partial charge in [0.1, 0.15) is 10.8 Å². The zero-order chi connectivity index (χ0) is 19.6. The molecule has 0 aliphatic carbocycles. The van der Waals surface area contributed by atoms with Gasteiger partial charge in [0.15, 0.2) is 0 Å². The van der Waals surface area contributed by atoms with Gasteiger partial charge in [-0.2, -0.15) is 0 Å². The number of halogens is 1. The van der Waals surface area contributed by atoms with Gasteiger partial charge in [0.25, 0.3) is 11.8 Å². The smallest absolute Gasteiger partial charge is 0.273 e. The van der Waals surface area contributed by atoms with Crippen molar-refractivity contribution >= 4 is 29.0 Å². The number of nitrogens with zero attached hydrogens (tertiary/aromatic N) is 1. The summed E-state index contributed by atoms with van der Waals surface area (Å²) >= 11 is 6.22. The van der Waals surface area contributed by atoms with Crippen LogP contribution in [0.2, 0.25) is 0 Å². The third kappa shape index (κ3) is 4.22. The summed E-state index contributed by atoms with van der Waals surface area (Å²) in [5, 5.41) is -0.0389. The van der Waals surface area contributed by atoms with Gasteiger partial charge < -0.3 is 4.74 Å². The molecule has 0 unspecified atom stereocenters. The molecule has 4 nitrogen and oxygen atoms in total. The number of rotatable bonds is 6. The molecule has 0 saturated heterocycles. The normalized spacial score (nSPS) is 14.5. The van der Waals surface area contributed by atoms with Crippen LogP contribution in [0, 0.1) is 12.8 Å². The van der Waals surface area contributed by atoms with Crippen LogP contribution in [0.25, 0.3) is 5.57 Å². The SMILES string of the molecule is Cc1ccc(CN2C(=O)C(Cl)=C(c3ccc(OCC(C)C)cc3)C2=O)cc1. The van der Waals surface area contributed by atoms with E-state index in [4.69, 9.17) is 16.3 Å². The van der Waals surface area contributed by atoms with Gasteiger partial charge in [0.2, 0.25) is 0 Å². The van der Waals surface area contributed by atoms with Crippen molar-refractivity contribution in [1.29, 1.82) is 0 Å². The van der Waals surface area contributed by atoms with Crippen LogP contribution >= 0.6 is 11.6 Å². The van der Waals surface area contributed by atoms with Gasteiger partial charge in [-0.1, -0.05) is 67.4 Å². The highest BCUT2D eigenvalue weighted by Gasteiger charge is 2.38. The maximum atomic E-state index is 12.8. The van der Waals surface area contributed by atoms with Gasteiger partial charge in [-0.15, -0.1) is 0 Å². The molecule has 1 aliphatic rings. The lowest BCUT2D eigenvalue weighted by Crippen LogP contribution is -2.30. The molecule has 0 N–H and O–H groups in total. The Labute approximate surface area is 164 Å². The Morgan fingerprint density at radius 2 is 1.59 bits per heavy atom. The first-order valence-corrected chi connectivity index (χ1v) is 9.29. The number of hydrogen-bond acceptors (Lipinski definition) is 3. The summed E-state index contributed by atoms with van der Waals surface area (Å²) < 4.78 is 5.66. The molecule has 5 heteroatoms. The van der Waals surface area contributed by atoms with Crippen molar-refractivity contribution in [3.8, 4) is 5.75 Å². The van der Waals surface area contributed by atoms with E-state index in [9.17, 15) is 9.59 Å². The molecular formula is C22H22ClNO3. The van der Waals surface area contributed by atoms with E-state index in [1.165, 1.54) is 4.90 Å². The maximum absolute atomic E-state index is 12.8. The molecule has 2 amide bonds. The molecule has 1 aliphatic heterocycles. The standard InChI is InChI=1S/C22H22ClNO3/c1-14(2)13-27-18-10-8-17(9-11-18)19-20(23)22(26)24(21(19)25)12-16-6-4-15(3)5-7-16/h4-11,14H,12-13H2,1-3H3. The number of imide groups is 1. The predicted molar refractivity (Wildman–Crippen MR) is 106 cm³/mol. The first-order chi connectivity index (χ1) is 12.9. The molecule has 0 bridgehead atoms. The van der Waals surface area contributed by atoms with E-state index in [-0.39, 0.29) is 23.1 Å². The number of carbonyl (C=O) groups is 2. The second kappa shape index (κ2) is 7.97. The van der Waals surface area contributed by atoms with Gasteiger partial charge in [0, 0.05) is 0 Å². The summed E-state index contributed by atoms with van der Waals surface area (Å²) in [6.07, 6.45) is 0. The van der Waals surface area contributed by atoms with E-state index in [1.54, 1.807) is 24.3 Å². The fourth-order valence-corrected chi connectivity index (χ4v) is 3.09. The lowest BCUT2D eigenvalue weighted by Gasteiger charge is -2.15. The average Bonchev–Trinajstić information content (AvgIpc) is 2.86. The Bertz CT molecular complexity index is 883. The first kappa shape index (κ1) is 19.2. The molecule has 140 valence electrons. The Morgan fingerprint density at radius 1 is 0.963 bits per heavy atom. The van der Waals surface area contributed by atoms with E-state index in [0.29, 0.717) is 18.1 Å².